The van der Waals surface area contributed by atoms with Crippen LogP contribution in [0.2, 0.25) is 10.2 Å². The lowest BCUT2D eigenvalue weighted by atomic mass is 9.31. The number of hydrogen-bond donors (Lipinski definition) is 1. The monoisotopic (exact) mass is 525 g/mol. The second-order valence-corrected chi connectivity index (χ2v) is 14.7. The van der Waals surface area contributed by atoms with Crippen LogP contribution in [0.25, 0.3) is 0 Å². The molecule has 4 nitrogen and oxygen atoms in total. The molecule has 1 amide bonds. The van der Waals surface area contributed by atoms with Gasteiger partial charge in [-0.2, -0.15) is 0 Å². The number of carbonyl (C=O) groups excluding carboxylic acids is 1. The average Bonchev–Trinajstić information content (AvgIpc) is 2.76. The van der Waals surface area contributed by atoms with E-state index in [0.717, 1.165) is 11.3 Å². The van der Waals surface area contributed by atoms with Crippen LogP contribution < -0.4 is 5.32 Å². The second kappa shape index (κ2) is 9.94. The van der Waals surface area contributed by atoms with E-state index in [1.807, 2.05) is 75.0 Å². The van der Waals surface area contributed by atoms with Gasteiger partial charge in [0.05, 0.1) is 28.6 Å². The standard InChI is InChI=1S/C20H33B11ClF2N3O/c21-16(22)8-37(14(38)9-1-3-12(33)11(32)5-9)17(23,24)7-15(16,34)20(30,31)36-19(28,29)13-4-2-10(6-35-13)18(25,26)27/h1-6,36H,7-8,21-31H2. The fourth-order valence-electron chi connectivity index (χ4n) is 6.02. The highest BCUT2D eigenvalue weighted by Gasteiger charge is 2.62. The van der Waals surface area contributed by atoms with E-state index >= 15 is 4.39 Å². The SMILES string of the molecule is BC(B)(B)c1ccc(C(B)(B)NC(B)(B)C2(F)CC(B)(B)N(C(=O)c3ccc(F)c(Cl)c3)CC2(B)B)nc1. The Hall–Kier alpha value is -1.34. The van der Waals surface area contributed by atoms with Crippen LogP contribution in [0.4, 0.5) is 8.78 Å². The zero-order chi connectivity index (χ0) is 29.1. The number of carbonyl (C=O) groups is 1. The summed E-state index contributed by atoms with van der Waals surface area (Å²) in [5, 5.41) is 0.180. The number of pyridine rings is 1. The number of halogens is 3. The zero-order valence-electron chi connectivity index (χ0n) is 24.8. The predicted molar refractivity (Wildman–Crippen MR) is 184 cm³/mol. The van der Waals surface area contributed by atoms with Crippen molar-refractivity contribution in [1.82, 2.24) is 15.2 Å². The molecule has 1 aromatic carbocycles. The fraction of sp³-hybridized carbons (Fsp3) is 0.400. The normalized spacial score (nSPS) is 21.6. The molecule has 2 heterocycles. The number of rotatable bonds is 6. The van der Waals surface area contributed by atoms with E-state index in [1.54, 1.807) is 4.90 Å². The molecule has 0 spiro atoms. The number of amides is 1. The molecule has 1 aromatic heterocycles. The Morgan fingerprint density at radius 2 is 1.63 bits per heavy atom. The Labute approximate surface area is 241 Å². The van der Waals surface area contributed by atoms with Gasteiger partial charge in [-0.3, -0.25) is 9.78 Å². The van der Waals surface area contributed by atoms with Crippen LogP contribution in [0.3, 0.4) is 0 Å². The largest absolute Gasteiger partial charge is 0.350 e. The van der Waals surface area contributed by atoms with Gasteiger partial charge in [-0.15, -0.1) is 0 Å². The number of piperidine rings is 1. The summed E-state index contributed by atoms with van der Waals surface area (Å²) in [5.41, 5.74) is 0.569. The molecule has 1 unspecified atom stereocenters. The Bertz CT molecular complexity index is 1230. The van der Waals surface area contributed by atoms with Crippen molar-refractivity contribution in [2.24, 2.45) is 0 Å². The highest BCUT2D eigenvalue weighted by atomic mass is 35.5. The third kappa shape index (κ3) is 5.75. The van der Waals surface area contributed by atoms with Crippen LogP contribution in [0.5, 0.6) is 0 Å². The Morgan fingerprint density at radius 1 is 1.03 bits per heavy atom. The summed E-state index contributed by atoms with van der Waals surface area (Å²) in [4.78, 5) is 20.0. The topological polar surface area (TPSA) is 45.2 Å². The van der Waals surface area contributed by atoms with Gasteiger partial charge < -0.3 is 10.2 Å². The van der Waals surface area contributed by atoms with Gasteiger partial charge in [0, 0.05) is 24.0 Å². The van der Waals surface area contributed by atoms with Crippen LogP contribution >= 0.6 is 11.6 Å². The van der Waals surface area contributed by atoms with Gasteiger partial charge in [0.2, 0.25) is 0 Å². The number of nitrogens with zero attached hydrogens (tertiary/aromatic N) is 2. The van der Waals surface area contributed by atoms with Crippen molar-refractivity contribution >= 4 is 104 Å². The number of likely N-dealkylation sites (tertiary alicyclic amines) is 1. The number of aromatic nitrogens is 1. The molecule has 2 aromatic rings. The average molecular weight is 524 g/mol. The summed E-state index contributed by atoms with van der Waals surface area (Å²) < 4.78 is 31.3. The van der Waals surface area contributed by atoms with Gasteiger partial charge in [-0.1, -0.05) is 22.8 Å². The van der Waals surface area contributed by atoms with Crippen molar-refractivity contribution in [2.75, 3.05) is 6.54 Å². The molecule has 0 radical (unpaired) electrons. The number of hydrogen-bond acceptors (Lipinski definition) is 3. The highest BCUT2D eigenvalue weighted by Crippen LogP contribution is 2.52. The smallest absolute Gasteiger partial charge is 0.253 e. The van der Waals surface area contributed by atoms with E-state index in [2.05, 4.69) is 34.9 Å². The highest BCUT2D eigenvalue weighted by molar-refractivity contribution is 6.59. The number of nitrogens with one attached hydrogen (secondary N) is 1. The van der Waals surface area contributed by atoms with Crippen molar-refractivity contribution in [1.29, 1.82) is 0 Å². The summed E-state index contributed by atoms with van der Waals surface area (Å²) in [5.74, 6) is -0.872. The lowest BCUT2D eigenvalue weighted by Crippen LogP contribution is -2.78. The molecule has 1 saturated heterocycles. The van der Waals surface area contributed by atoms with E-state index < -0.39 is 32.7 Å². The molecule has 38 heavy (non-hydrogen) atoms. The first kappa shape index (κ1) is 31.2. The van der Waals surface area contributed by atoms with Crippen molar-refractivity contribution in [3.63, 3.8) is 0 Å². The van der Waals surface area contributed by atoms with Crippen LogP contribution in [-0.4, -0.2) is 125 Å². The minimum Gasteiger partial charge on any atom is -0.350 e. The van der Waals surface area contributed by atoms with E-state index in [4.69, 9.17) is 16.6 Å². The minimum atomic E-state index is -1.69. The van der Waals surface area contributed by atoms with Crippen LogP contribution in [-0.2, 0) is 10.5 Å². The lowest BCUT2D eigenvalue weighted by molar-refractivity contribution is -0.00203. The molecule has 1 fully saturated rings. The first-order chi connectivity index (χ1) is 17.0. The zero-order valence-corrected chi connectivity index (χ0v) is 25.6. The molecule has 1 N–H and O–H groups in total. The molecular formula is C20H33B11ClF2N3O. The molecule has 1 atom stereocenters. The first-order valence-corrected chi connectivity index (χ1v) is 13.6. The molecule has 0 saturated carbocycles. The van der Waals surface area contributed by atoms with Crippen molar-refractivity contribution in [2.45, 2.75) is 38.4 Å². The molecule has 1 aliphatic rings. The number of alkyl halides is 1. The summed E-state index contributed by atoms with van der Waals surface area (Å²) in [6.07, 6.45) is 2.01. The Kier molecular flexibility index (Phi) is 8.16. The quantitative estimate of drug-likeness (QED) is 0.383. The number of benzene rings is 1. The second-order valence-electron chi connectivity index (χ2n) is 14.3. The molecular weight excluding hydrogens is 491 g/mol. The van der Waals surface area contributed by atoms with Gasteiger partial charge >= 0.3 is 0 Å². The maximum absolute atomic E-state index is 17.6. The van der Waals surface area contributed by atoms with Crippen molar-refractivity contribution in [3.05, 3.63) is 64.2 Å². The van der Waals surface area contributed by atoms with E-state index in [-0.39, 0.29) is 34.6 Å². The lowest BCUT2D eigenvalue weighted by Gasteiger charge is -2.63. The van der Waals surface area contributed by atoms with Crippen LogP contribution in [0, 0.1) is 5.82 Å². The van der Waals surface area contributed by atoms with Crippen LogP contribution in [0.1, 0.15) is 28.0 Å². The third-order valence-electron chi connectivity index (χ3n) is 8.33. The summed E-state index contributed by atoms with van der Waals surface area (Å²) in [6, 6.07) is 8.05. The maximum atomic E-state index is 17.6. The van der Waals surface area contributed by atoms with Gasteiger partial charge in [-0.05, 0) is 57.5 Å². The van der Waals surface area contributed by atoms with Crippen molar-refractivity contribution < 1.29 is 13.6 Å². The van der Waals surface area contributed by atoms with Gasteiger partial charge in [0.25, 0.3) is 5.91 Å². The molecule has 3 rings (SSSR count). The molecule has 0 bridgehead atoms. The molecule has 188 valence electrons. The summed E-state index contributed by atoms with van der Waals surface area (Å²) >= 11 is 5.95. The summed E-state index contributed by atoms with van der Waals surface area (Å²) in [6.45, 7) is 0.189. The van der Waals surface area contributed by atoms with E-state index in [9.17, 15) is 9.18 Å². The van der Waals surface area contributed by atoms with Crippen molar-refractivity contribution in [3.8, 4) is 0 Å². The third-order valence-corrected chi connectivity index (χ3v) is 8.62. The summed E-state index contributed by atoms with van der Waals surface area (Å²) in [7, 11) is 21.8. The molecule has 1 aliphatic heterocycles. The Balaban J connectivity index is 1.92. The maximum Gasteiger partial charge on any atom is 0.253 e. The van der Waals surface area contributed by atoms with Gasteiger partial charge in [0.1, 0.15) is 74.3 Å². The first-order valence-electron chi connectivity index (χ1n) is 13.3. The molecule has 18 heteroatoms. The minimum absolute atomic E-state index is 0.00831. The van der Waals surface area contributed by atoms with E-state index in [0.29, 0.717) is 0 Å². The van der Waals surface area contributed by atoms with E-state index in [1.165, 1.54) is 18.2 Å². The van der Waals surface area contributed by atoms with Gasteiger partial charge in [0.15, 0.2) is 0 Å². The Morgan fingerprint density at radius 3 is 2.13 bits per heavy atom. The van der Waals surface area contributed by atoms with Crippen LogP contribution in [0.15, 0.2) is 36.5 Å². The predicted octanol–water partition coefficient (Wildman–Crippen LogP) is -7.67. The fourth-order valence-corrected chi connectivity index (χ4v) is 6.20. The van der Waals surface area contributed by atoms with Gasteiger partial charge in [-0.25, -0.2) is 8.78 Å². The molecule has 0 aliphatic carbocycles.